The van der Waals surface area contributed by atoms with E-state index in [0.29, 0.717) is 10.9 Å². The van der Waals surface area contributed by atoms with E-state index in [-0.39, 0.29) is 22.3 Å². The van der Waals surface area contributed by atoms with E-state index in [4.69, 9.17) is 16.3 Å². The largest absolute Gasteiger partial charge is 0.430 e. The molecular weight excluding hydrogens is 348 g/mol. The molecule has 0 atom stereocenters. The van der Waals surface area contributed by atoms with Gasteiger partial charge in [-0.2, -0.15) is 0 Å². The van der Waals surface area contributed by atoms with Crippen LogP contribution in [0.5, 0.6) is 11.6 Å². The Kier molecular flexibility index (Phi) is 4.57. The normalized spacial score (nSPS) is 10.3. The minimum atomic E-state index is -0.485. The second kappa shape index (κ2) is 6.19. The topological polar surface area (TPSA) is 65.3 Å². The van der Waals surface area contributed by atoms with Crippen molar-refractivity contribution in [1.82, 2.24) is 4.98 Å². The number of nitrogens with zero attached hydrogens (tertiary/aromatic N) is 2. The second-order valence-corrected chi connectivity index (χ2v) is 5.28. The van der Waals surface area contributed by atoms with Crippen LogP contribution in [0, 0.1) is 10.1 Å². The molecule has 20 heavy (non-hydrogen) atoms. The van der Waals surface area contributed by atoms with E-state index in [0.717, 1.165) is 5.56 Å². The Balaban J connectivity index is 2.40. The third-order valence-corrected chi connectivity index (χ3v) is 3.31. The quantitative estimate of drug-likeness (QED) is 0.584. The minimum Gasteiger partial charge on any atom is -0.430 e. The molecule has 104 valence electrons. The molecule has 0 amide bonds. The predicted octanol–water partition coefficient (Wildman–Crippen LogP) is 4.76. The lowest BCUT2D eigenvalue weighted by molar-refractivity contribution is -0.385. The molecule has 0 unspecified atom stereocenters. The Hall–Kier alpha value is -1.66. The SMILES string of the molecule is CCc1ccc(Oc2ncc(Br)cc2Cl)c([N+](=O)[O-])c1. The third kappa shape index (κ3) is 3.26. The molecule has 2 aromatic rings. The molecule has 2 rings (SSSR count). The Labute approximate surface area is 128 Å². The number of pyridine rings is 1. The Morgan fingerprint density at radius 1 is 1.45 bits per heavy atom. The van der Waals surface area contributed by atoms with Crippen molar-refractivity contribution in [2.75, 3.05) is 0 Å². The molecule has 0 fully saturated rings. The zero-order chi connectivity index (χ0) is 14.7. The lowest BCUT2D eigenvalue weighted by Gasteiger charge is -2.08. The van der Waals surface area contributed by atoms with E-state index < -0.39 is 4.92 Å². The molecule has 0 aliphatic carbocycles. The zero-order valence-corrected chi connectivity index (χ0v) is 12.8. The number of nitro benzene ring substituents is 1. The van der Waals surface area contributed by atoms with E-state index in [1.165, 1.54) is 12.3 Å². The molecule has 7 heteroatoms. The fourth-order valence-electron chi connectivity index (χ4n) is 1.59. The molecule has 0 bridgehead atoms. The van der Waals surface area contributed by atoms with Gasteiger partial charge in [-0.1, -0.05) is 24.6 Å². The summed E-state index contributed by atoms with van der Waals surface area (Å²) in [5.74, 6) is 0.242. The van der Waals surface area contributed by atoms with Crippen LogP contribution in [-0.4, -0.2) is 9.91 Å². The first kappa shape index (κ1) is 14.7. The van der Waals surface area contributed by atoms with Gasteiger partial charge in [0.1, 0.15) is 5.02 Å². The second-order valence-electron chi connectivity index (χ2n) is 3.96. The summed E-state index contributed by atoms with van der Waals surface area (Å²) < 4.78 is 6.15. The van der Waals surface area contributed by atoms with Crippen LogP contribution in [-0.2, 0) is 6.42 Å². The summed E-state index contributed by atoms with van der Waals surface area (Å²) in [4.78, 5) is 14.6. The number of ether oxygens (including phenoxy) is 1. The number of rotatable bonds is 4. The molecule has 0 saturated carbocycles. The molecule has 1 heterocycles. The van der Waals surface area contributed by atoms with Gasteiger partial charge in [0.25, 0.3) is 0 Å². The van der Waals surface area contributed by atoms with E-state index in [2.05, 4.69) is 20.9 Å². The Morgan fingerprint density at radius 2 is 2.20 bits per heavy atom. The molecule has 1 aromatic carbocycles. The maximum atomic E-state index is 11.1. The summed E-state index contributed by atoms with van der Waals surface area (Å²) in [5.41, 5.74) is 0.754. The van der Waals surface area contributed by atoms with Crippen LogP contribution in [0.25, 0.3) is 0 Å². The average Bonchev–Trinajstić information content (AvgIpc) is 2.42. The lowest BCUT2D eigenvalue weighted by atomic mass is 10.1. The maximum absolute atomic E-state index is 11.1. The van der Waals surface area contributed by atoms with Crippen LogP contribution in [0.3, 0.4) is 0 Å². The van der Waals surface area contributed by atoms with Gasteiger partial charge in [-0.25, -0.2) is 4.98 Å². The number of hydrogen-bond donors (Lipinski definition) is 0. The van der Waals surface area contributed by atoms with Crippen LogP contribution in [0.1, 0.15) is 12.5 Å². The van der Waals surface area contributed by atoms with Gasteiger partial charge in [0.05, 0.1) is 4.92 Å². The van der Waals surface area contributed by atoms with Crippen molar-refractivity contribution < 1.29 is 9.66 Å². The van der Waals surface area contributed by atoms with Crippen LogP contribution in [0.2, 0.25) is 5.02 Å². The zero-order valence-electron chi connectivity index (χ0n) is 10.5. The fraction of sp³-hybridized carbons (Fsp3) is 0.154. The summed E-state index contributed by atoms with van der Waals surface area (Å²) in [7, 11) is 0. The number of benzene rings is 1. The Bertz CT molecular complexity index is 664. The van der Waals surface area contributed by atoms with Gasteiger partial charge in [0, 0.05) is 16.7 Å². The van der Waals surface area contributed by atoms with Gasteiger partial charge in [-0.15, -0.1) is 0 Å². The van der Waals surface area contributed by atoms with Gasteiger partial charge in [0.2, 0.25) is 11.6 Å². The summed E-state index contributed by atoms with van der Waals surface area (Å²) in [6.07, 6.45) is 2.21. The molecular formula is C13H10BrClN2O3. The predicted molar refractivity (Wildman–Crippen MR) is 79.5 cm³/mol. The maximum Gasteiger partial charge on any atom is 0.311 e. The highest BCUT2D eigenvalue weighted by Gasteiger charge is 2.18. The first-order valence-electron chi connectivity index (χ1n) is 5.77. The summed E-state index contributed by atoms with van der Waals surface area (Å²) >= 11 is 9.21. The van der Waals surface area contributed by atoms with Gasteiger partial charge in [0.15, 0.2) is 0 Å². The molecule has 0 saturated heterocycles. The number of hydrogen-bond acceptors (Lipinski definition) is 4. The third-order valence-electron chi connectivity index (χ3n) is 2.61. The average molecular weight is 358 g/mol. The summed E-state index contributed by atoms with van der Waals surface area (Å²) in [5, 5.41) is 11.4. The first-order valence-corrected chi connectivity index (χ1v) is 6.94. The van der Waals surface area contributed by atoms with Crippen LogP contribution in [0.4, 0.5) is 5.69 Å². The van der Waals surface area contributed by atoms with Crippen molar-refractivity contribution in [3.05, 3.63) is 55.6 Å². The van der Waals surface area contributed by atoms with Crippen molar-refractivity contribution in [2.24, 2.45) is 0 Å². The van der Waals surface area contributed by atoms with E-state index in [1.807, 2.05) is 6.92 Å². The fourth-order valence-corrected chi connectivity index (χ4v) is 2.26. The molecule has 5 nitrogen and oxygen atoms in total. The van der Waals surface area contributed by atoms with Crippen molar-refractivity contribution >= 4 is 33.2 Å². The molecule has 0 aliphatic rings. The standard InChI is InChI=1S/C13H10BrClN2O3/c1-2-8-3-4-12(11(5-8)17(18)19)20-13-10(15)6-9(14)7-16-13/h3-7H,2H2,1H3. The van der Waals surface area contributed by atoms with Crippen LogP contribution < -0.4 is 4.74 Å². The van der Waals surface area contributed by atoms with Gasteiger partial charge in [-0.3, -0.25) is 10.1 Å². The molecule has 0 spiro atoms. The minimum absolute atomic E-state index is 0.106. The van der Waals surface area contributed by atoms with Crippen molar-refractivity contribution in [2.45, 2.75) is 13.3 Å². The molecule has 0 aliphatic heterocycles. The highest BCUT2D eigenvalue weighted by atomic mass is 79.9. The number of aryl methyl sites for hydroxylation is 1. The van der Waals surface area contributed by atoms with E-state index in [9.17, 15) is 10.1 Å². The van der Waals surface area contributed by atoms with E-state index in [1.54, 1.807) is 18.2 Å². The summed E-state index contributed by atoms with van der Waals surface area (Å²) in [6.45, 7) is 1.92. The number of aromatic nitrogens is 1. The highest BCUT2D eigenvalue weighted by Crippen LogP contribution is 2.35. The van der Waals surface area contributed by atoms with E-state index >= 15 is 0 Å². The number of nitro groups is 1. The van der Waals surface area contributed by atoms with Crippen LogP contribution in [0.15, 0.2) is 34.9 Å². The summed E-state index contributed by atoms with van der Waals surface area (Å²) in [6, 6.07) is 6.42. The van der Waals surface area contributed by atoms with Gasteiger partial charge < -0.3 is 4.74 Å². The lowest BCUT2D eigenvalue weighted by Crippen LogP contribution is -1.96. The smallest absolute Gasteiger partial charge is 0.311 e. The van der Waals surface area contributed by atoms with Crippen molar-refractivity contribution in [3.8, 4) is 11.6 Å². The Morgan fingerprint density at radius 3 is 2.80 bits per heavy atom. The molecule has 0 radical (unpaired) electrons. The monoisotopic (exact) mass is 356 g/mol. The molecule has 1 aromatic heterocycles. The highest BCUT2D eigenvalue weighted by molar-refractivity contribution is 9.10. The van der Waals surface area contributed by atoms with Crippen LogP contribution >= 0.6 is 27.5 Å². The van der Waals surface area contributed by atoms with Gasteiger partial charge in [-0.05, 0) is 40.0 Å². The van der Waals surface area contributed by atoms with Crippen molar-refractivity contribution in [3.63, 3.8) is 0 Å². The molecule has 0 N–H and O–H groups in total. The first-order chi connectivity index (χ1) is 9.51. The van der Waals surface area contributed by atoms with Gasteiger partial charge >= 0.3 is 5.69 Å². The van der Waals surface area contributed by atoms with Crippen molar-refractivity contribution in [1.29, 1.82) is 0 Å². The number of halogens is 2.